The maximum absolute atomic E-state index is 4.93. The van der Waals surface area contributed by atoms with Crippen molar-refractivity contribution >= 4 is 27.8 Å². The Balaban J connectivity index is 1.81. The highest BCUT2D eigenvalue weighted by molar-refractivity contribution is 7.07. The smallest absolute Gasteiger partial charge is 0.195 e. The summed E-state index contributed by atoms with van der Waals surface area (Å²) >= 11 is 1.67. The zero-order chi connectivity index (χ0) is 18.8. The Labute approximate surface area is 167 Å². The number of hydrogen-bond acceptors (Lipinski definition) is 2. The lowest BCUT2D eigenvalue weighted by Gasteiger charge is -2.11. The van der Waals surface area contributed by atoms with Gasteiger partial charge in [0.25, 0.3) is 0 Å². The maximum Gasteiger partial charge on any atom is 0.195 e. The molecule has 1 heterocycles. The second kappa shape index (κ2) is 7.29. The molecule has 1 aromatic heterocycles. The Morgan fingerprint density at radius 2 is 1.32 bits per heavy atom. The second-order valence-electron chi connectivity index (χ2n) is 6.55. The van der Waals surface area contributed by atoms with Crippen LogP contribution in [-0.2, 0) is 0 Å². The molecule has 5 aromatic rings. The quantitative estimate of drug-likeness (QED) is 0.337. The molecule has 4 aromatic carbocycles. The average molecular weight is 379 g/mol. The Hall–Kier alpha value is -3.43. The summed E-state index contributed by atoms with van der Waals surface area (Å²) in [5.41, 5.74) is 4.44. The highest BCUT2D eigenvalue weighted by Crippen LogP contribution is 2.30. The van der Waals surface area contributed by atoms with Gasteiger partial charge < -0.3 is 0 Å². The van der Waals surface area contributed by atoms with Crippen LogP contribution in [0.15, 0.2) is 114 Å². The largest absolute Gasteiger partial charge is 0.285 e. The molecule has 0 spiro atoms. The number of hydrogen-bond donors (Lipinski definition) is 0. The molecule has 0 saturated carbocycles. The van der Waals surface area contributed by atoms with Crippen molar-refractivity contribution in [1.82, 2.24) is 4.57 Å². The van der Waals surface area contributed by atoms with Gasteiger partial charge in [0.2, 0.25) is 0 Å². The van der Waals surface area contributed by atoms with Crippen molar-refractivity contribution in [3.8, 4) is 16.9 Å². The van der Waals surface area contributed by atoms with Crippen LogP contribution in [0, 0.1) is 0 Å². The number of fused-ring (bicyclic) bond motifs is 1. The van der Waals surface area contributed by atoms with Crippen molar-refractivity contribution in [2.75, 3.05) is 0 Å². The summed E-state index contributed by atoms with van der Waals surface area (Å²) < 4.78 is 2.25. The van der Waals surface area contributed by atoms with E-state index in [2.05, 4.69) is 76.7 Å². The molecule has 134 valence electrons. The van der Waals surface area contributed by atoms with Crippen molar-refractivity contribution in [3.05, 3.63) is 113 Å². The van der Waals surface area contributed by atoms with Gasteiger partial charge in [0.05, 0.1) is 11.4 Å². The van der Waals surface area contributed by atoms with E-state index in [1.807, 2.05) is 36.4 Å². The molecule has 0 atom stereocenters. The fraction of sp³-hybridized carbons (Fsp3) is 0. The molecular weight excluding hydrogens is 360 g/mol. The number of aromatic nitrogens is 1. The molecule has 0 fully saturated rings. The molecule has 28 heavy (non-hydrogen) atoms. The fourth-order valence-electron chi connectivity index (χ4n) is 3.47. The van der Waals surface area contributed by atoms with Gasteiger partial charge in [-0.1, -0.05) is 78.9 Å². The van der Waals surface area contributed by atoms with E-state index in [-0.39, 0.29) is 0 Å². The highest BCUT2D eigenvalue weighted by Gasteiger charge is 2.12. The molecule has 0 N–H and O–H groups in total. The molecule has 0 aliphatic carbocycles. The zero-order valence-corrected chi connectivity index (χ0v) is 16.0. The number of nitrogens with zero attached hydrogens (tertiary/aromatic N) is 2. The first-order valence-electron chi connectivity index (χ1n) is 9.24. The van der Waals surface area contributed by atoms with Crippen LogP contribution >= 0.6 is 11.3 Å². The molecule has 3 heteroatoms. The summed E-state index contributed by atoms with van der Waals surface area (Å²) in [7, 11) is 0. The first-order valence-corrected chi connectivity index (χ1v) is 10.1. The normalized spacial score (nSPS) is 11.8. The van der Waals surface area contributed by atoms with Crippen molar-refractivity contribution in [2.45, 2.75) is 0 Å². The van der Waals surface area contributed by atoms with Crippen LogP contribution in [0.3, 0.4) is 0 Å². The first kappa shape index (κ1) is 16.7. The van der Waals surface area contributed by atoms with Crippen LogP contribution in [-0.4, -0.2) is 4.57 Å². The summed E-state index contributed by atoms with van der Waals surface area (Å²) in [6, 6.07) is 35.6. The molecule has 0 aliphatic rings. The van der Waals surface area contributed by atoms with E-state index in [1.165, 1.54) is 16.3 Å². The number of thiazole rings is 1. The highest BCUT2D eigenvalue weighted by atomic mass is 32.1. The third-order valence-corrected chi connectivity index (χ3v) is 5.59. The minimum atomic E-state index is 0.957. The summed E-state index contributed by atoms with van der Waals surface area (Å²) in [5, 5.41) is 4.70. The molecule has 0 amide bonds. The summed E-state index contributed by atoms with van der Waals surface area (Å²) in [6.07, 6.45) is 0. The van der Waals surface area contributed by atoms with Gasteiger partial charge in [-0.25, -0.2) is 4.99 Å². The zero-order valence-electron chi connectivity index (χ0n) is 15.2. The van der Waals surface area contributed by atoms with E-state index in [9.17, 15) is 0 Å². The molecule has 0 bridgehead atoms. The van der Waals surface area contributed by atoms with Crippen LogP contribution in [0.2, 0.25) is 0 Å². The van der Waals surface area contributed by atoms with Gasteiger partial charge in [-0.05, 0) is 35.0 Å². The van der Waals surface area contributed by atoms with Crippen molar-refractivity contribution in [2.24, 2.45) is 4.99 Å². The SMILES string of the molecule is c1ccc(N=c2scc(-c3cccc4ccccc34)n2-c2ccccc2)cc1. The second-order valence-corrected chi connectivity index (χ2v) is 7.39. The van der Waals surface area contributed by atoms with Crippen LogP contribution < -0.4 is 4.80 Å². The van der Waals surface area contributed by atoms with E-state index in [0.717, 1.165) is 21.9 Å². The van der Waals surface area contributed by atoms with Crippen LogP contribution in [0.5, 0.6) is 0 Å². The monoisotopic (exact) mass is 378 g/mol. The van der Waals surface area contributed by atoms with Gasteiger partial charge in [-0.2, -0.15) is 0 Å². The Bertz CT molecular complexity index is 1290. The molecule has 0 unspecified atom stereocenters. The van der Waals surface area contributed by atoms with Crippen LogP contribution in [0.1, 0.15) is 0 Å². The summed E-state index contributed by atoms with van der Waals surface area (Å²) in [5.74, 6) is 0. The maximum atomic E-state index is 4.93. The Kier molecular flexibility index (Phi) is 4.36. The molecule has 5 rings (SSSR count). The van der Waals surface area contributed by atoms with Gasteiger partial charge in [0, 0.05) is 16.6 Å². The lowest BCUT2D eigenvalue weighted by atomic mass is 10.0. The van der Waals surface area contributed by atoms with Crippen molar-refractivity contribution in [3.63, 3.8) is 0 Å². The summed E-state index contributed by atoms with van der Waals surface area (Å²) in [4.78, 5) is 5.88. The fourth-order valence-corrected chi connectivity index (χ4v) is 4.38. The van der Waals surface area contributed by atoms with Crippen LogP contribution in [0.4, 0.5) is 5.69 Å². The van der Waals surface area contributed by atoms with Gasteiger partial charge in [-0.3, -0.25) is 4.57 Å². The van der Waals surface area contributed by atoms with E-state index >= 15 is 0 Å². The molecule has 0 saturated heterocycles. The van der Waals surface area contributed by atoms with Gasteiger partial charge in [-0.15, -0.1) is 11.3 Å². The van der Waals surface area contributed by atoms with Gasteiger partial charge >= 0.3 is 0 Å². The van der Waals surface area contributed by atoms with Crippen molar-refractivity contribution in [1.29, 1.82) is 0 Å². The third kappa shape index (κ3) is 3.06. The van der Waals surface area contributed by atoms with Gasteiger partial charge in [0.15, 0.2) is 4.80 Å². The number of para-hydroxylation sites is 2. The van der Waals surface area contributed by atoms with E-state index in [4.69, 9.17) is 4.99 Å². The average Bonchev–Trinajstić information content (AvgIpc) is 3.18. The predicted molar refractivity (Wildman–Crippen MR) is 118 cm³/mol. The van der Waals surface area contributed by atoms with Gasteiger partial charge in [0.1, 0.15) is 0 Å². The lowest BCUT2D eigenvalue weighted by molar-refractivity contribution is 1.01. The number of rotatable bonds is 3. The predicted octanol–water partition coefficient (Wildman–Crippen LogP) is 6.59. The molecule has 0 radical (unpaired) electrons. The van der Waals surface area contributed by atoms with E-state index in [0.29, 0.717) is 0 Å². The third-order valence-electron chi connectivity index (χ3n) is 4.77. The molecule has 0 aliphatic heterocycles. The molecule has 2 nitrogen and oxygen atoms in total. The van der Waals surface area contributed by atoms with Crippen molar-refractivity contribution < 1.29 is 0 Å². The Morgan fingerprint density at radius 1 is 0.643 bits per heavy atom. The standard InChI is InChI=1S/C25H18N2S/c1-3-12-20(13-4-1)26-25-27(21-14-5-2-6-15-21)24(18-28-25)23-17-9-11-19-10-7-8-16-22(19)23/h1-18H. The van der Waals surface area contributed by atoms with E-state index < -0.39 is 0 Å². The van der Waals surface area contributed by atoms with E-state index in [1.54, 1.807) is 11.3 Å². The lowest BCUT2D eigenvalue weighted by Crippen LogP contribution is -2.13. The number of benzene rings is 4. The summed E-state index contributed by atoms with van der Waals surface area (Å²) in [6.45, 7) is 0. The molecular formula is C25H18N2S. The van der Waals surface area contributed by atoms with Crippen LogP contribution in [0.25, 0.3) is 27.7 Å². The Morgan fingerprint density at radius 3 is 2.14 bits per heavy atom. The minimum absolute atomic E-state index is 0.957. The first-order chi connectivity index (χ1) is 13.9. The minimum Gasteiger partial charge on any atom is -0.285 e. The topological polar surface area (TPSA) is 17.3 Å².